The van der Waals surface area contributed by atoms with Gasteiger partial charge in [-0.25, -0.2) is 9.59 Å². The van der Waals surface area contributed by atoms with Crippen LogP contribution in [0.3, 0.4) is 0 Å². The van der Waals surface area contributed by atoms with E-state index in [0.29, 0.717) is 24.8 Å². The zero-order valence-corrected chi connectivity index (χ0v) is 20.1. The number of amides is 4. The number of nitrogens with one attached hydrogen (secondary N) is 1. The molecule has 0 aromatic rings. The molecule has 2 heterocycles. The molecule has 0 aromatic heterocycles. The highest BCUT2D eigenvalue weighted by molar-refractivity contribution is 8.15. The van der Waals surface area contributed by atoms with E-state index in [9.17, 15) is 9.59 Å². The number of alkyl halides is 1. The van der Waals surface area contributed by atoms with Crippen LogP contribution < -0.4 is 5.32 Å². The maximum Gasteiger partial charge on any atom is 0.323 e. The summed E-state index contributed by atoms with van der Waals surface area (Å²) in [5, 5.41) is 3.64. The maximum atomic E-state index is 13.3. The largest absolute Gasteiger partial charge is 0.325 e. The van der Waals surface area contributed by atoms with E-state index in [1.807, 2.05) is 23.6 Å². The van der Waals surface area contributed by atoms with E-state index in [-0.39, 0.29) is 28.9 Å². The van der Waals surface area contributed by atoms with E-state index < -0.39 is 0 Å². The van der Waals surface area contributed by atoms with Crippen molar-refractivity contribution in [2.24, 2.45) is 10.9 Å². The number of hydrogen-bond donors (Lipinski definition) is 1. The van der Waals surface area contributed by atoms with Gasteiger partial charge in [0.25, 0.3) is 0 Å². The minimum absolute atomic E-state index is 0.0555. The van der Waals surface area contributed by atoms with Crippen molar-refractivity contribution in [3.8, 4) is 0 Å². The fraction of sp³-hybridized carbons (Fsp3) is 0.857. The number of halogens is 1. The maximum absolute atomic E-state index is 13.3. The van der Waals surface area contributed by atoms with Gasteiger partial charge in [0, 0.05) is 38.3 Å². The van der Waals surface area contributed by atoms with Crippen LogP contribution in [-0.4, -0.2) is 81.4 Å². The predicted octanol–water partition coefficient (Wildman–Crippen LogP) is 4.17. The number of rotatable bonds is 4. The summed E-state index contributed by atoms with van der Waals surface area (Å²) in [7, 11) is 0. The molecule has 0 spiro atoms. The Labute approximate surface area is 189 Å². The number of hydrogen-bond acceptors (Lipinski definition) is 4. The molecule has 0 bridgehead atoms. The van der Waals surface area contributed by atoms with Crippen LogP contribution in [0, 0.1) is 5.92 Å². The van der Waals surface area contributed by atoms with Crippen LogP contribution in [0.2, 0.25) is 0 Å². The number of urea groups is 2. The molecule has 0 radical (unpaired) electrons. The van der Waals surface area contributed by atoms with Gasteiger partial charge in [-0.1, -0.05) is 18.7 Å². The second-order valence-corrected chi connectivity index (χ2v) is 10.6. The van der Waals surface area contributed by atoms with Gasteiger partial charge >= 0.3 is 12.1 Å². The lowest BCUT2D eigenvalue weighted by molar-refractivity contribution is 0.0783. The lowest BCUT2D eigenvalue weighted by Gasteiger charge is -2.44. The van der Waals surface area contributed by atoms with E-state index >= 15 is 0 Å². The number of carbonyl (C=O) groups excluding carboxylic acids is 2. The second-order valence-electron chi connectivity index (χ2n) is 8.60. The van der Waals surface area contributed by atoms with E-state index in [0.717, 1.165) is 57.5 Å². The van der Waals surface area contributed by atoms with E-state index in [4.69, 9.17) is 11.6 Å². The van der Waals surface area contributed by atoms with Crippen molar-refractivity contribution in [1.29, 1.82) is 0 Å². The molecule has 9 heteroatoms. The summed E-state index contributed by atoms with van der Waals surface area (Å²) in [6, 6.07) is 0.476. The van der Waals surface area contributed by atoms with Gasteiger partial charge in [-0.15, -0.1) is 11.6 Å². The molecule has 1 saturated carbocycles. The first-order chi connectivity index (χ1) is 14.4. The van der Waals surface area contributed by atoms with Gasteiger partial charge in [-0.05, 0) is 58.3 Å². The van der Waals surface area contributed by atoms with E-state index in [2.05, 4.69) is 22.1 Å². The SMILES string of the molecule is CCN(CC)C(=O)N1CCC(N(C(=O)NC2=NCC(Cl)S2)[C@H]2CC[C@H](C)CC2)CC1. The van der Waals surface area contributed by atoms with Gasteiger partial charge in [0.2, 0.25) is 0 Å². The molecule has 0 aromatic carbocycles. The van der Waals surface area contributed by atoms with Gasteiger partial charge in [0.15, 0.2) is 5.17 Å². The number of amidine groups is 1. The zero-order chi connectivity index (χ0) is 21.7. The molecule has 2 fully saturated rings. The lowest BCUT2D eigenvalue weighted by atomic mass is 9.85. The predicted molar refractivity (Wildman–Crippen MR) is 124 cm³/mol. The lowest BCUT2D eigenvalue weighted by Crippen LogP contribution is -2.57. The monoisotopic (exact) mass is 457 g/mol. The van der Waals surface area contributed by atoms with Crippen LogP contribution in [0.5, 0.6) is 0 Å². The van der Waals surface area contributed by atoms with Gasteiger partial charge < -0.3 is 14.7 Å². The summed E-state index contributed by atoms with van der Waals surface area (Å²) in [5.41, 5.74) is 0. The van der Waals surface area contributed by atoms with Crippen molar-refractivity contribution in [1.82, 2.24) is 20.0 Å². The summed E-state index contributed by atoms with van der Waals surface area (Å²) >= 11 is 7.54. The first kappa shape index (κ1) is 23.5. The summed E-state index contributed by atoms with van der Waals surface area (Å²) in [4.78, 5) is 36.2. The summed E-state index contributed by atoms with van der Waals surface area (Å²) in [6.45, 7) is 9.71. The minimum atomic E-state index is -0.0985. The molecule has 4 amide bonds. The normalized spacial score (nSPS) is 27.5. The number of nitrogens with zero attached hydrogens (tertiary/aromatic N) is 4. The van der Waals surface area contributed by atoms with Crippen molar-refractivity contribution >= 4 is 40.6 Å². The van der Waals surface area contributed by atoms with Crippen molar-refractivity contribution in [3.63, 3.8) is 0 Å². The van der Waals surface area contributed by atoms with Gasteiger partial charge in [-0.3, -0.25) is 10.3 Å². The first-order valence-electron chi connectivity index (χ1n) is 11.4. The third-order valence-electron chi connectivity index (χ3n) is 6.61. The molecule has 2 aliphatic heterocycles. The number of thioether (sulfide) groups is 1. The molecule has 1 N–H and O–H groups in total. The number of likely N-dealkylation sites (tertiary alicyclic amines) is 1. The summed E-state index contributed by atoms with van der Waals surface area (Å²) < 4.78 is -0.0985. The number of carbonyl (C=O) groups is 2. The van der Waals surface area contributed by atoms with Crippen LogP contribution in [0.15, 0.2) is 4.99 Å². The van der Waals surface area contributed by atoms with Gasteiger partial charge in [0.1, 0.15) is 4.71 Å². The molecule has 7 nitrogen and oxygen atoms in total. The van der Waals surface area contributed by atoms with E-state index in [1.54, 1.807) is 0 Å². The third kappa shape index (κ3) is 5.75. The van der Waals surface area contributed by atoms with Crippen LogP contribution >= 0.6 is 23.4 Å². The zero-order valence-electron chi connectivity index (χ0n) is 18.5. The Bertz CT molecular complexity index is 629. The van der Waals surface area contributed by atoms with E-state index in [1.165, 1.54) is 11.8 Å². The quantitative estimate of drug-likeness (QED) is 0.644. The van der Waals surface area contributed by atoms with Crippen LogP contribution in [0.25, 0.3) is 0 Å². The Morgan fingerprint density at radius 3 is 2.23 bits per heavy atom. The highest BCUT2D eigenvalue weighted by Gasteiger charge is 2.37. The fourth-order valence-electron chi connectivity index (χ4n) is 4.76. The molecule has 3 rings (SSSR count). The Hall–Kier alpha value is -1.15. The van der Waals surface area contributed by atoms with Crippen molar-refractivity contribution in [2.75, 3.05) is 32.7 Å². The Kier molecular flexibility index (Phi) is 8.57. The van der Waals surface area contributed by atoms with Crippen molar-refractivity contribution < 1.29 is 9.59 Å². The molecular formula is C21H36ClN5O2S. The topological polar surface area (TPSA) is 68.2 Å². The smallest absolute Gasteiger partial charge is 0.323 e. The van der Waals surface area contributed by atoms with Crippen LogP contribution in [-0.2, 0) is 0 Å². The molecule has 3 aliphatic rings. The third-order valence-corrected chi connectivity index (χ3v) is 7.87. The second kappa shape index (κ2) is 10.9. The number of piperidine rings is 1. The van der Waals surface area contributed by atoms with Gasteiger partial charge in [-0.2, -0.15) is 0 Å². The van der Waals surface area contributed by atoms with Crippen molar-refractivity contribution in [3.05, 3.63) is 0 Å². The van der Waals surface area contributed by atoms with Crippen molar-refractivity contribution in [2.45, 2.75) is 76.1 Å². The standard InChI is InChI=1S/C21H36ClN5O2S/c1-4-25(5-2)21(29)26-12-10-17(11-13-26)27(16-8-6-15(3)7-9-16)20(28)24-19-23-14-18(22)30-19/h15-18H,4-14H2,1-3H3,(H,23,24,28)/t15-,16-,18?. The fourth-order valence-corrected chi connectivity index (χ4v) is 5.76. The molecule has 1 saturated heterocycles. The summed E-state index contributed by atoms with van der Waals surface area (Å²) in [5.74, 6) is 0.728. The molecule has 1 aliphatic carbocycles. The highest BCUT2D eigenvalue weighted by Crippen LogP contribution is 2.31. The highest BCUT2D eigenvalue weighted by atomic mass is 35.5. The molecular weight excluding hydrogens is 422 g/mol. The van der Waals surface area contributed by atoms with Crippen LogP contribution in [0.1, 0.15) is 59.3 Å². The average molecular weight is 458 g/mol. The van der Waals surface area contributed by atoms with Gasteiger partial charge in [0.05, 0.1) is 6.54 Å². The molecule has 1 unspecified atom stereocenters. The Balaban J connectivity index is 1.65. The summed E-state index contributed by atoms with van der Waals surface area (Å²) in [6.07, 6.45) is 6.06. The van der Waals surface area contributed by atoms with Crippen LogP contribution in [0.4, 0.5) is 9.59 Å². The number of aliphatic imine (C=N–C) groups is 1. The first-order valence-corrected chi connectivity index (χ1v) is 12.7. The minimum Gasteiger partial charge on any atom is -0.325 e. The Morgan fingerprint density at radius 1 is 1.10 bits per heavy atom. The molecule has 1 atom stereocenters. The molecule has 30 heavy (non-hydrogen) atoms. The Morgan fingerprint density at radius 2 is 1.70 bits per heavy atom. The molecule has 170 valence electrons. The average Bonchev–Trinajstić information content (AvgIpc) is 3.15.